The summed E-state index contributed by atoms with van der Waals surface area (Å²) in [7, 11) is -3.06. The van der Waals surface area contributed by atoms with Crippen LogP contribution in [0.4, 0.5) is 11.4 Å². The number of hydrogen-bond donors (Lipinski definition) is 0. The zero-order valence-electron chi connectivity index (χ0n) is 24.1. The summed E-state index contributed by atoms with van der Waals surface area (Å²) in [6.45, 7) is 13.6. The third kappa shape index (κ3) is 6.67. The highest BCUT2D eigenvalue weighted by atomic mass is 28.3. The predicted octanol–water partition coefficient (Wildman–Crippen LogP) is 8.80. The van der Waals surface area contributed by atoms with Crippen LogP contribution in [0.25, 0.3) is 0 Å². The van der Waals surface area contributed by atoms with E-state index in [-0.39, 0.29) is 0 Å². The first-order valence-electron chi connectivity index (χ1n) is 13.7. The second-order valence-corrected chi connectivity index (χ2v) is 21.6. The van der Waals surface area contributed by atoms with E-state index in [0.717, 1.165) is 56.2 Å². The SMILES string of the molecule is C[Si](C)(C)C#Cc1ccc2c(c1)C(=Nc1ccccc1)c1ccc(C#C[Si](C)(C)C)cc1C2=Nc1ccccc1. The van der Waals surface area contributed by atoms with Gasteiger partial charge in [-0.2, -0.15) is 0 Å². The van der Waals surface area contributed by atoms with Crippen LogP contribution in [0.3, 0.4) is 0 Å². The van der Waals surface area contributed by atoms with Gasteiger partial charge in [-0.05, 0) is 48.5 Å². The molecule has 1 aliphatic carbocycles. The molecule has 0 N–H and O–H groups in total. The molecule has 0 amide bonds. The Morgan fingerprint density at radius 1 is 0.450 bits per heavy atom. The van der Waals surface area contributed by atoms with Gasteiger partial charge < -0.3 is 0 Å². The van der Waals surface area contributed by atoms with E-state index in [1.165, 1.54) is 0 Å². The Kier molecular flexibility index (Phi) is 7.59. The molecule has 0 aromatic heterocycles. The molecule has 0 unspecified atom stereocenters. The maximum absolute atomic E-state index is 5.20. The van der Waals surface area contributed by atoms with E-state index in [1.54, 1.807) is 0 Å². The van der Waals surface area contributed by atoms with Crippen LogP contribution in [-0.4, -0.2) is 27.6 Å². The van der Waals surface area contributed by atoms with Gasteiger partial charge in [-0.3, -0.25) is 0 Å². The molecule has 1 aliphatic rings. The highest BCUT2D eigenvalue weighted by molar-refractivity contribution is 6.84. The van der Waals surface area contributed by atoms with Crippen molar-refractivity contribution < 1.29 is 0 Å². The second-order valence-electron chi connectivity index (χ2n) is 12.1. The average molecular weight is 551 g/mol. The molecule has 0 saturated carbocycles. The normalized spacial score (nSPS) is 14.4. The van der Waals surface area contributed by atoms with Gasteiger partial charge in [-0.1, -0.05) is 99.7 Å². The van der Waals surface area contributed by atoms with Crippen LogP contribution >= 0.6 is 0 Å². The smallest absolute Gasteiger partial charge is 0.129 e. The zero-order valence-corrected chi connectivity index (χ0v) is 26.1. The standard InChI is InChI=1S/C36H34N2Si2/c1-39(2,3)23-21-27-17-19-31-33(25-27)35(37-29-13-9-7-10-14-29)32-20-18-28(22-24-40(4,5)6)26-34(32)36(31)38-30-15-11-8-12-16-30/h7-20,25-26H,1-6H3. The fourth-order valence-corrected chi connectivity index (χ4v) is 5.40. The fraction of sp³-hybridized carbons (Fsp3) is 0.167. The van der Waals surface area contributed by atoms with Gasteiger partial charge in [0.1, 0.15) is 16.1 Å². The molecular weight excluding hydrogens is 517 g/mol. The molecule has 0 aliphatic heterocycles. The quantitative estimate of drug-likeness (QED) is 0.155. The monoisotopic (exact) mass is 550 g/mol. The molecule has 5 rings (SSSR count). The van der Waals surface area contributed by atoms with E-state index in [1.807, 2.05) is 60.7 Å². The third-order valence-corrected chi connectivity index (χ3v) is 7.97. The Hall–Kier alpha value is -4.23. The minimum atomic E-state index is -1.53. The summed E-state index contributed by atoms with van der Waals surface area (Å²) in [6, 6.07) is 33.2. The van der Waals surface area contributed by atoms with Gasteiger partial charge in [0.05, 0.1) is 22.8 Å². The van der Waals surface area contributed by atoms with E-state index in [9.17, 15) is 0 Å². The summed E-state index contributed by atoms with van der Waals surface area (Å²) in [4.78, 5) is 10.4. The first-order valence-corrected chi connectivity index (χ1v) is 20.7. The van der Waals surface area contributed by atoms with Crippen LogP contribution in [-0.2, 0) is 0 Å². The molecular formula is C36H34N2Si2. The highest BCUT2D eigenvalue weighted by Crippen LogP contribution is 2.33. The number of nitrogens with zero attached hydrogens (tertiary/aromatic N) is 2. The molecule has 0 radical (unpaired) electrons. The van der Waals surface area contributed by atoms with Crippen LogP contribution < -0.4 is 0 Å². The number of rotatable bonds is 2. The van der Waals surface area contributed by atoms with E-state index < -0.39 is 16.1 Å². The van der Waals surface area contributed by atoms with E-state index in [0.29, 0.717) is 0 Å². The summed E-state index contributed by atoms with van der Waals surface area (Å²) in [5.74, 6) is 6.90. The Morgan fingerprint density at radius 2 is 0.825 bits per heavy atom. The predicted molar refractivity (Wildman–Crippen MR) is 177 cm³/mol. The molecule has 2 nitrogen and oxygen atoms in total. The Labute approximate surface area is 241 Å². The van der Waals surface area contributed by atoms with Gasteiger partial charge in [-0.25, -0.2) is 9.98 Å². The maximum atomic E-state index is 5.20. The molecule has 40 heavy (non-hydrogen) atoms. The van der Waals surface area contributed by atoms with Crippen LogP contribution in [0.1, 0.15) is 33.4 Å². The Bertz CT molecular complexity index is 1610. The van der Waals surface area contributed by atoms with Crippen molar-refractivity contribution in [3.63, 3.8) is 0 Å². The number of hydrogen-bond acceptors (Lipinski definition) is 2. The molecule has 0 heterocycles. The van der Waals surface area contributed by atoms with E-state index >= 15 is 0 Å². The maximum Gasteiger partial charge on any atom is 0.129 e. The third-order valence-electron chi connectivity index (χ3n) is 6.22. The fourth-order valence-electron chi connectivity index (χ4n) is 4.36. The van der Waals surface area contributed by atoms with E-state index in [2.05, 4.69) is 98.6 Å². The van der Waals surface area contributed by atoms with Gasteiger partial charge in [0.2, 0.25) is 0 Å². The average Bonchev–Trinajstić information content (AvgIpc) is 2.92. The lowest BCUT2D eigenvalue weighted by atomic mass is 9.81. The van der Waals surface area contributed by atoms with Crippen molar-refractivity contribution >= 4 is 38.9 Å². The summed E-state index contributed by atoms with van der Waals surface area (Å²) < 4.78 is 0. The van der Waals surface area contributed by atoms with Crippen molar-refractivity contribution in [2.75, 3.05) is 0 Å². The molecule has 0 atom stereocenters. The summed E-state index contributed by atoms with van der Waals surface area (Å²) in [6.07, 6.45) is 0. The van der Waals surface area contributed by atoms with Crippen LogP contribution in [0.5, 0.6) is 0 Å². The largest absolute Gasteiger partial charge is 0.248 e. The molecule has 4 heteroatoms. The highest BCUT2D eigenvalue weighted by Gasteiger charge is 2.28. The zero-order chi connectivity index (χ0) is 28.3. The minimum Gasteiger partial charge on any atom is -0.248 e. The number of aliphatic imine (C=N–C) groups is 2. The lowest BCUT2D eigenvalue weighted by molar-refractivity contribution is 1.39. The van der Waals surface area contributed by atoms with Crippen molar-refractivity contribution in [3.8, 4) is 22.9 Å². The summed E-state index contributed by atoms with van der Waals surface area (Å²) in [5.41, 5.74) is 17.0. The van der Waals surface area contributed by atoms with Gasteiger partial charge >= 0.3 is 0 Å². The van der Waals surface area contributed by atoms with Crippen molar-refractivity contribution in [1.29, 1.82) is 0 Å². The minimum absolute atomic E-state index is 0.916. The molecule has 196 valence electrons. The number of benzene rings is 4. The molecule has 4 aromatic rings. The van der Waals surface area contributed by atoms with Gasteiger partial charge in [0.25, 0.3) is 0 Å². The van der Waals surface area contributed by atoms with Crippen molar-refractivity contribution in [2.45, 2.75) is 39.3 Å². The first kappa shape index (κ1) is 27.3. The van der Waals surface area contributed by atoms with Gasteiger partial charge in [-0.15, -0.1) is 11.1 Å². The van der Waals surface area contributed by atoms with Crippen LogP contribution in [0, 0.1) is 22.9 Å². The number of fused-ring (bicyclic) bond motifs is 2. The lowest BCUT2D eigenvalue weighted by Crippen LogP contribution is -2.23. The summed E-state index contributed by atoms with van der Waals surface area (Å²) in [5, 5.41) is 0. The number of para-hydroxylation sites is 2. The molecule has 0 spiro atoms. The van der Waals surface area contributed by atoms with Crippen molar-refractivity contribution in [1.82, 2.24) is 0 Å². The molecule has 0 fully saturated rings. The van der Waals surface area contributed by atoms with Gasteiger partial charge in [0.15, 0.2) is 0 Å². The van der Waals surface area contributed by atoms with Crippen LogP contribution in [0.2, 0.25) is 39.3 Å². The molecule has 0 bridgehead atoms. The molecule has 4 aromatic carbocycles. The second kappa shape index (κ2) is 11.1. The summed E-state index contributed by atoms with van der Waals surface area (Å²) >= 11 is 0. The first-order chi connectivity index (χ1) is 19.1. The Balaban J connectivity index is 1.80. The lowest BCUT2D eigenvalue weighted by Gasteiger charge is -2.24. The Morgan fingerprint density at radius 3 is 1.18 bits per heavy atom. The van der Waals surface area contributed by atoms with Gasteiger partial charge in [0, 0.05) is 33.4 Å². The van der Waals surface area contributed by atoms with E-state index in [4.69, 9.17) is 9.98 Å². The topological polar surface area (TPSA) is 24.7 Å². The van der Waals surface area contributed by atoms with Crippen molar-refractivity contribution in [3.05, 3.63) is 130 Å². The van der Waals surface area contributed by atoms with Crippen LogP contribution in [0.15, 0.2) is 107 Å². The molecule has 0 saturated heterocycles. The van der Waals surface area contributed by atoms with Crippen molar-refractivity contribution in [2.24, 2.45) is 9.98 Å².